The van der Waals surface area contributed by atoms with Crippen molar-refractivity contribution in [3.05, 3.63) is 23.8 Å². The molecule has 0 aromatic heterocycles. The normalized spacial score (nSPS) is 11.8. The Kier molecular flexibility index (Phi) is 6.88. The Labute approximate surface area is 133 Å². The number of ketones is 1. The van der Waals surface area contributed by atoms with Crippen LogP contribution in [-0.4, -0.2) is 24.7 Å². The zero-order valence-corrected chi connectivity index (χ0v) is 13.7. The summed E-state index contributed by atoms with van der Waals surface area (Å²) >= 11 is 0. The minimum absolute atomic E-state index is 0. The maximum absolute atomic E-state index is 11.3. The molecule has 0 amide bonds. The van der Waals surface area contributed by atoms with Crippen LogP contribution in [0.5, 0.6) is 0 Å². The molecule has 8 heteroatoms. The molecule has 1 aromatic rings. The third-order valence-electron chi connectivity index (χ3n) is 2.12. The smallest absolute Gasteiger partial charge is 0.861 e. The van der Waals surface area contributed by atoms with E-state index in [0.29, 0.717) is 5.56 Å². The third-order valence-corrected chi connectivity index (χ3v) is 2.97. The molecule has 98 valence electrons. The van der Waals surface area contributed by atoms with Crippen molar-refractivity contribution in [3.8, 4) is 0 Å². The number of aliphatic imine (C=N–C) groups is 1. The van der Waals surface area contributed by atoms with Gasteiger partial charge in [-0.2, -0.15) is 8.42 Å². The average molecular weight is 293 g/mol. The summed E-state index contributed by atoms with van der Waals surface area (Å²) in [5, 5.41) is 11.3. The van der Waals surface area contributed by atoms with Crippen molar-refractivity contribution in [1.82, 2.24) is 0 Å². The van der Waals surface area contributed by atoms with E-state index in [9.17, 15) is 18.3 Å². The molecule has 1 N–H and O–H groups in total. The van der Waals surface area contributed by atoms with Crippen molar-refractivity contribution in [2.75, 3.05) is 0 Å². The van der Waals surface area contributed by atoms with Gasteiger partial charge in [0.05, 0.1) is 10.6 Å². The number of rotatable bonds is 4. The summed E-state index contributed by atoms with van der Waals surface area (Å²) in [6.45, 7) is 2.89. The van der Waals surface area contributed by atoms with Gasteiger partial charge in [-0.15, -0.1) is 0 Å². The summed E-state index contributed by atoms with van der Waals surface area (Å²) in [5.41, 5.74) is 0.690. The number of aryl methyl sites for hydroxylation is 1. The van der Waals surface area contributed by atoms with Crippen LogP contribution in [0.15, 0.2) is 28.1 Å². The Bertz CT molecular complexity index is 610. The largest absolute Gasteiger partial charge is 1.00 e. The number of carbonyl (C=O) groups excluding carboxylic acids is 1. The van der Waals surface area contributed by atoms with Gasteiger partial charge in [-0.1, -0.05) is 6.07 Å². The van der Waals surface area contributed by atoms with E-state index in [-0.39, 0.29) is 52.3 Å². The van der Waals surface area contributed by atoms with Gasteiger partial charge in [0.25, 0.3) is 10.1 Å². The summed E-state index contributed by atoms with van der Waals surface area (Å²) in [5.74, 6) is -0.981. The van der Waals surface area contributed by atoms with E-state index in [0.717, 1.165) is 6.07 Å². The van der Waals surface area contributed by atoms with Gasteiger partial charge in [0.2, 0.25) is 0 Å². The van der Waals surface area contributed by atoms with E-state index in [1.165, 1.54) is 19.1 Å². The van der Waals surface area contributed by atoms with Gasteiger partial charge in [0.1, 0.15) is 5.78 Å². The second-order valence-corrected chi connectivity index (χ2v) is 5.23. The monoisotopic (exact) mass is 293 g/mol. The molecule has 0 bridgehead atoms. The van der Waals surface area contributed by atoms with E-state index in [4.69, 9.17) is 4.55 Å². The minimum atomic E-state index is -4.34. The van der Waals surface area contributed by atoms with Crippen molar-refractivity contribution in [2.24, 2.45) is 4.99 Å². The van der Waals surface area contributed by atoms with Gasteiger partial charge in [-0.25, -0.2) is 0 Å². The van der Waals surface area contributed by atoms with Crippen LogP contribution in [0.3, 0.4) is 0 Å². The van der Waals surface area contributed by atoms with Crippen LogP contribution < -0.4 is 34.7 Å². The van der Waals surface area contributed by atoms with E-state index >= 15 is 0 Å². The van der Waals surface area contributed by atoms with Crippen LogP contribution in [0.4, 0.5) is 5.69 Å². The zero-order valence-electron chi connectivity index (χ0n) is 10.9. The van der Waals surface area contributed by atoms with E-state index in [1.807, 2.05) is 0 Å². The molecule has 0 saturated heterocycles. The molecule has 1 rings (SSSR count). The van der Waals surface area contributed by atoms with Crippen molar-refractivity contribution >= 4 is 27.5 Å². The minimum Gasteiger partial charge on any atom is -0.861 e. The van der Waals surface area contributed by atoms with Crippen molar-refractivity contribution in [2.45, 2.75) is 25.2 Å². The molecule has 0 atom stereocenters. The Hall–Kier alpha value is -0.730. The summed E-state index contributed by atoms with van der Waals surface area (Å²) in [4.78, 5) is 14.0. The Morgan fingerprint density at radius 2 is 2.00 bits per heavy atom. The summed E-state index contributed by atoms with van der Waals surface area (Å²) < 4.78 is 30.7. The van der Waals surface area contributed by atoms with Gasteiger partial charge in [-0.05, 0) is 37.4 Å². The zero-order chi connectivity index (χ0) is 13.9. The molecule has 0 fully saturated rings. The first-order valence-corrected chi connectivity index (χ1v) is 6.46. The Morgan fingerprint density at radius 1 is 1.42 bits per heavy atom. The Morgan fingerprint density at radius 3 is 2.47 bits per heavy atom. The fourth-order valence-corrected chi connectivity index (χ4v) is 1.76. The quantitative estimate of drug-likeness (QED) is 0.289. The maximum Gasteiger partial charge on any atom is 1.00 e. The predicted octanol–water partition coefficient (Wildman–Crippen LogP) is -2.38. The summed E-state index contributed by atoms with van der Waals surface area (Å²) in [6.07, 6.45) is -0.338. The maximum atomic E-state index is 11.3. The molecule has 0 unspecified atom stereocenters. The van der Waals surface area contributed by atoms with Crippen LogP contribution in [0.1, 0.15) is 18.9 Å². The van der Waals surface area contributed by atoms with Crippen LogP contribution in [-0.2, 0) is 14.9 Å². The second-order valence-electron chi connectivity index (χ2n) is 3.81. The second kappa shape index (κ2) is 7.16. The number of Topliss-reactive ketones (excluding diaryl/α,β-unsaturated/α-hetero) is 1. The molecule has 0 aliphatic heterocycles. The van der Waals surface area contributed by atoms with Crippen LogP contribution in [0, 0.1) is 6.92 Å². The van der Waals surface area contributed by atoms with Crippen LogP contribution in [0.25, 0.3) is 0 Å². The van der Waals surface area contributed by atoms with Crippen LogP contribution in [0.2, 0.25) is 0 Å². The molecule has 0 aliphatic carbocycles. The van der Waals surface area contributed by atoms with Crippen molar-refractivity contribution < 1.29 is 52.4 Å². The molecular formula is C11H12NNaO5S. The van der Waals surface area contributed by atoms with Gasteiger partial charge in [-0.3, -0.25) is 14.3 Å². The molecule has 19 heavy (non-hydrogen) atoms. The molecule has 0 heterocycles. The number of nitrogens with zero attached hydrogens (tertiary/aromatic N) is 1. The molecular weight excluding hydrogens is 281 g/mol. The number of carbonyl (C=O) groups is 1. The van der Waals surface area contributed by atoms with E-state index < -0.39 is 16.0 Å². The predicted molar refractivity (Wildman–Crippen MR) is 63.4 cm³/mol. The van der Waals surface area contributed by atoms with Crippen LogP contribution >= 0.6 is 0 Å². The first kappa shape index (κ1) is 18.3. The molecule has 0 aliphatic rings. The number of benzene rings is 1. The van der Waals surface area contributed by atoms with Crippen molar-refractivity contribution in [3.63, 3.8) is 0 Å². The molecule has 0 radical (unpaired) electrons. The average Bonchev–Trinajstić information content (AvgIpc) is 2.18. The van der Waals surface area contributed by atoms with Gasteiger partial charge >= 0.3 is 29.6 Å². The molecule has 6 nitrogen and oxygen atoms in total. The standard InChI is InChI=1S/C11H13NO5S.Na/c1-7-3-4-9(18(15,16)17)6-10(7)12-11(14)5-8(2)13;/h3-4,6H,5H2,1-2H3,(H,12,14)(H,15,16,17);/q;+1/p-1. The van der Waals surface area contributed by atoms with Crippen molar-refractivity contribution in [1.29, 1.82) is 0 Å². The summed E-state index contributed by atoms with van der Waals surface area (Å²) in [6, 6.07) is 3.71. The molecule has 0 saturated carbocycles. The summed E-state index contributed by atoms with van der Waals surface area (Å²) in [7, 11) is -4.34. The first-order valence-electron chi connectivity index (χ1n) is 5.02. The fraction of sp³-hybridized carbons (Fsp3) is 0.273. The first-order chi connectivity index (χ1) is 8.20. The van der Waals surface area contributed by atoms with Gasteiger partial charge in [0.15, 0.2) is 0 Å². The van der Waals surface area contributed by atoms with E-state index in [1.54, 1.807) is 6.92 Å². The van der Waals surface area contributed by atoms with E-state index in [2.05, 4.69) is 4.99 Å². The molecule has 0 spiro atoms. The third kappa shape index (κ3) is 5.84. The Balaban J connectivity index is 0.00000324. The topological polar surface area (TPSA) is 107 Å². The van der Waals surface area contributed by atoms with Gasteiger partial charge in [0, 0.05) is 6.42 Å². The number of hydrogen-bond acceptors (Lipinski definition) is 5. The fourth-order valence-electron chi connectivity index (χ4n) is 1.26. The molecule has 1 aromatic carbocycles. The van der Waals surface area contributed by atoms with Gasteiger partial charge < -0.3 is 5.11 Å². The number of hydrogen-bond donors (Lipinski definition) is 1. The SMILES string of the molecule is CC(=O)CC([O-])=Nc1cc(S(=O)(=O)O)ccc1C.[Na+].